The van der Waals surface area contributed by atoms with Gasteiger partial charge in [0, 0.05) is 17.1 Å². The number of hydrogen-bond donors (Lipinski definition) is 3. The number of carbonyl (C=O) groups excluding carboxylic acids is 2. The van der Waals surface area contributed by atoms with Crippen LogP contribution in [0.5, 0.6) is 0 Å². The minimum absolute atomic E-state index is 0. The molecule has 2 amide bonds. The second kappa shape index (κ2) is 10.7. The molecule has 1 heterocycles. The van der Waals surface area contributed by atoms with E-state index in [4.69, 9.17) is 0 Å². The lowest BCUT2D eigenvalue weighted by molar-refractivity contribution is -0.125. The van der Waals surface area contributed by atoms with Crippen LogP contribution >= 0.6 is 28.3 Å². The van der Waals surface area contributed by atoms with Crippen LogP contribution in [0.3, 0.4) is 0 Å². The number of rotatable bonds is 6. The SMILES string of the molecule is CNC1CCCN(CC(=O)NCC(=O)Nc2ccccc2Br)C1.Cl. The number of anilines is 1. The minimum Gasteiger partial charge on any atom is -0.346 e. The van der Waals surface area contributed by atoms with Crippen molar-refractivity contribution in [2.24, 2.45) is 0 Å². The summed E-state index contributed by atoms with van der Waals surface area (Å²) in [5.74, 6) is -0.360. The molecule has 0 aliphatic carbocycles. The number of likely N-dealkylation sites (tertiary alicyclic amines) is 1. The molecule has 8 heteroatoms. The van der Waals surface area contributed by atoms with Crippen molar-refractivity contribution in [3.63, 3.8) is 0 Å². The van der Waals surface area contributed by atoms with E-state index in [9.17, 15) is 9.59 Å². The van der Waals surface area contributed by atoms with Crippen LogP contribution in [0.1, 0.15) is 12.8 Å². The summed E-state index contributed by atoms with van der Waals surface area (Å²) in [6.45, 7) is 2.10. The Morgan fingerprint density at radius 1 is 1.29 bits per heavy atom. The zero-order valence-corrected chi connectivity index (χ0v) is 16.1. The van der Waals surface area contributed by atoms with Crippen LogP contribution in [0.2, 0.25) is 0 Å². The molecule has 1 aromatic carbocycles. The highest BCUT2D eigenvalue weighted by Gasteiger charge is 2.20. The lowest BCUT2D eigenvalue weighted by Gasteiger charge is -2.31. The van der Waals surface area contributed by atoms with Crippen molar-refractivity contribution < 1.29 is 9.59 Å². The Bertz CT molecular complexity index is 559. The number of para-hydroxylation sites is 1. The Balaban J connectivity index is 0.00000288. The van der Waals surface area contributed by atoms with Crippen molar-refractivity contribution in [2.75, 3.05) is 38.5 Å². The van der Waals surface area contributed by atoms with E-state index in [1.807, 2.05) is 25.2 Å². The molecule has 1 fully saturated rings. The van der Waals surface area contributed by atoms with Crippen LogP contribution in [-0.4, -0.2) is 56.0 Å². The first-order valence-corrected chi connectivity index (χ1v) is 8.58. The second-order valence-electron chi connectivity index (χ2n) is 5.67. The molecule has 0 bridgehead atoms. The largest absolute Gasteiger partial charge is 0.346 e. The number of amides is 2. The summed E-state index contributed by atoms with van der Waals surface area (Å²) >= 11 is 3.37. The van der Waals surface area contributed by atoms with Gasteiger partial charge in [0.05, 0.1) is 18.8 Å². The maximum Gasteiger partial charge on any atom is 0.243 e. The van der Waals surface area contributed by atoms with Gasteiger partial charge in [-0.2, -0.15) is 0 Å². The highest BCUT2D eigenvalue weighted by Crippen LogP contribution is 2.20. The predicted octanol–water partition coefficient (Wildman–Crippen LogP) is 1.61. The smallest absolute Gasteiger partial charge is 0.243 e. The number of benzene rings is 1. The van der Waals surface area contributed by atoms with Crippen LogP contribution in [0.25, 0.3) is 0 Å². The molecule has 1 aromatic rings. The Labute approximate surface area is 157 Å². The molecule has 6 nitrogen and oxygen atoms in total. The van der Waals surface area contributed by atoms with Crippen LogP contribution in [0, 0.1) is 0 Å². The number of halogens is 2. The number of nitrogens with zero attached hydrogens (tertiary/aromatic N) is 1. The van der Waals surface area contributed by atoms with Crippen LogP contribution in [-0.2, 0) is 9.59 Å². The fourth-order valence-corrected chi connectivity index (χ4v) is 3.01. The molecule has 2 rings (SSSR count). The first kappa shape index (κ1) is 20.9. The monoisotopic (exact) mass is 418 g/mol. The van der Waals surface area contributed by atoms with Crippen molar-refractivity contribution in [2.45, 2.75) is 18.9 Å². The molecule has 1 aliphatic rings. The molecule has 1 unspecified atom stereocenters. The number of likely N-dealkylation sites (N-methyl/N-ethyl adjacent to an activating group) is 1. The van der Waals surface area contributed by atoms with Crippen molar-refractivity contribution >= 4 is 45.8 Å². The standard InChI is InChI=1S/C16H23BrN4O2.ClH/c1-18-12-5-4-8-21(10-12)11-16(23)19-9-15(22)20-14-7-3-2-6-13(14)17;/h2-3,6-7,12,18H,4-5,8-11H2,1H3,(H,19,23)(H,20,22);1H. The topological polar surface area (TPSA) is 73.5 Å². The average Bonchev–Trinajstić information content (AvgIpc) is 2.55. The van der Waals surface area contributed by atoms with E-state index in [0.717, 1.165) is 30.4 Å². The highest BCUT2D eigenvalue weighted by molar-refractivity contribution is 9.10. The lowest BCUT2D eigenvalue weighted by Crippen LogP contribution is -2.48. The Morgan fingerprint density at radius 2 is 2.04 bits per heavy atom. The quantitative estimate of drug-likeness (QED) is 0.655. The predicted molar refractivity (Wildman–Crippen MR) is 102 cm³/mol. The highest BCUT2D eigenvalue weighted by atomic mass is 79.9. The molecule has 1 atom stereocenters. The molecule has 0 spiro atoms. The zero-order valence-electron chi connectivity index (χ0n) is 13.7. The molecule has 0 radical (unpaired) electrons. The van der Waals surface area contributed by atoms with Gasteiger partial charge in [0.1, 0.15) is 0 Å². The first-order valence-electron chi connectivity index (χ1n) is 7.79. The first-order chi connectivity index (χ1) is 11.1. The van der Waals surface area contributed by atoms with Crippen LogP contribution in [0.15, 0.2) is 28.7 Å². The van der Waals surface area contributed by atoms with Gasteiger partial charge in [0.2, 0.25) is 11.8 Å². The summed E-state index contributed by atoms with van der Waals surface area (Å²) in [5.41, 5.74) is 0.694. The molecule has 3 N–H and O–H groups in total. The Kier molecular flexibility index (Phi) is 9.28. The molecule has 0 saturated carbocycles. The van der Waals surface area contributed by atoms with E-state index in [2.05, 4.69) is 36.8 Å². The van der Waals surface area contributed by atoms with Crippen molar-refractivity contribution in [3.05, 3.63) is 28.7 Å². The third kappa shape index (κ3) is 6.76. The van der Waals surface area contributed by atoms with Gasteiger partial charge in [-0.3, -0.25) is 14.5 Å². The van der Waals surface area contributed by atoms with E-state index in [-0.39, 0.29) is 30.8 Å². The number of carbonyl (C=O) groups is 2. The lowest BCUT2D eigenvalue weighted by atomic mass is 10.1. The van der Waals surface area contributed by atoms with Gasteiger partial charge in [-0.1, -0.05) is 12.1 Å². The summed E-state index contributed by atoms with van der Waals surface area (Å²) < 4.78 is 0.811. The van der Waals surface area contributed by atoms with Gasteiger partial charge in [0.25, 0.3) is 0 Å². The molecule has 134 valence electrons. The molecule has 1 saturated heterocycles. The van der Waals surface area contributed by atoms with E-state index in [0.29, 0.717) is 18.3 Å². The van der Waals surface area contributed by atoms with Gasteiger partial charge < -0.3 is 16.0 Å². The summed E-state index contributed by atoms with van der Waals surface area (Å²) in [5, 5.41) is 8.68. The molecule has 1 aliphatic heterocycles. The van der Waals surface area contributed by atoms with E-state index in [1.165, 1.54) is 0 Å². The van der Waals surface area contributed by atoms with E-state index >= 15 is 0 Å². The van der Waals surface area contributed by atoms with Gasteiger partial charge in [-0.05, 0) is 54.5 Å². The summed E-state index contributed by atoms with van der Waals surface area (Å²) in [7, 11) is 1.94. The number of piperidine rings is 1. The second-order valence-corrected chi connectivity index (χ2v) is 6.52. The fraction of sp³-hybridized carbons (Fsp3) is 0.500. The van der Waals surface area contributed by atoms with Gasteiger partial charge in [-0.25, -0.2) is 0 Å². The van der Waals surface area contributed by atoms with Crippen LogP contribution in [0.4, 0.5) is 5.69 Å². The van der Waals surface area contributed by atoms with Gasteiger partial charge in [-0.15, -0.1) is 12.4 Å². The Morgan fingerprint density at radius 3 is 2.75 bits per heavy atom. The summed E-state index contributed by atoms with van der Waals surface area (Å²) in [4.78, 5) is 26.0. The van der Waals surface area contributed by atoms with E-state index < -0.39 is 0 Å². The average molecular weight is 420 g/mol. The van der Waals surface area contributed by atoms with Gasteiger partial charge >= 0.3 is 0 Å². The normalized spacial score (nSPS) is 17.7. The van der Waals surface area contributed by atoms with Crippen molar-refractivity contribution in [1.29, 1.82) is 0 Å². The summed E-state index contributed by atoms with van der Waals surface area (Å²) in [6.07, 6.45) is 2.23. The van der Waals surface area contributed by atoms with Crippen molar-refractivity contribution in [3.8, 4) is 0 Å². The minimum atomic E-state index is -0.239. The maximum atomic E-state index is 12.0. The fourth-order valence-electron chi connectivity index (χ4n) is 2.63. The third-order valence-electron chi connectivity index (χ3n) is 3.88. The molecular formula is C16H24BrClN4O2. The number of hydrogen-bond acceptors (Lipinski definition) is 4. The van der Waals surface area contributed by atoms with E-state index in [1.54, 1.807) is 6.07 Å². The maximum absolute atomic E-state index is 12.0. The van der Waals surface area contributed by atoms with Crippen molar-refractivity contribution in [1.82, 2.24) is 15.5 Å². The molecule has 24 heavy (non-hydrogen) atoms. The molecule has 0 aromatic heterocycles. The number of nitrogens with one attached hydrogen (secondary N) is 3. The third-order valence-corrected chi connectivity index (χ3v) is 4.57. The Hall–Kier alpha value is -1.15. The summed E-state index contributed by atoms with van der Waals surface area (Å²) in [6, 6.07) is 7.81. The van der Waals surface area contributed by atoms with Gasteiger partial charge in [0.15, 0.2) is 0 Å². The molecular weight excluding hydrogens is 396 g/mol. The zero-order chi connectivity index (χ0) is 16.7. The van der Waals surface area contributed by atoms with Crippen LogP contribution < -0.4 is 16.0 Å².